The summed E-state index contributed by atoms with van der Waals surface area (Å²) in [5.41, 5.74) is 9.44. The number of anilines is 1. The van der Waals surface area contributed by atoms with E-state index < -0.39 is 18.0 Å². The average molecular weight is 517 g/mol. The maximum absolute atomic E-state index is 13.3. The lowest BCUT2D eigenvalue weighted by Crippen LogP contribution is -2.37. The third-order valence-electron chi connectivity index (χ3n) is 5.43. The van der Waals surface area contributed by atoms with Crippen molar-refractivity contribution >= 4 is 29.0 Å². The van der Waals surface area contributed by atoms with Gasteiger partial charge in [0, 0.05) is 17.6 Å². The van der Waals surface area contributed by atoms with Gasteiger partial charge in [-0.2, -0.15) is 0 Å². The van der Waals surface area contributed by atoms with Crippen LogP contribution in [0.3, 0.4) is 0 Å². The molecule has 1 heterocycles. The second-order valence-electron chi connectivity index (χ2n) is 8.25. The van der Waals surface area contributed by atoms with Gasteiger partial charge in [-0.15, -0.1) is 11.3 Å². The van der Waals surface area contributed by atoms with Crippen LogP contribution in [0.2, 0.25) is 0 Å². The number of hydrogen-bond donors (Lipinski definition) is 3. The number of nitrogens with one attached hydrogen (secondary N) is 2. The fourth-order valence-electron chi connectivity index (χ4n) is 3.56. The van der Waals surface area contributed by atoms with Crippen molar-refractivity contribution in [1.82, 2.24) is 10.3 Å². The largest absolute Gasteiger partial charge is 0.487 e. The van der Waals surface area contributed by atoms with E-state index in [4.69, 9.17) is 15.2 Å². The van der Waals surface area contributed by atoms with Crippen LogP contribution >= 0.6 is 11.3 Å². The van der Waals surface area contributed by atoms with Crippen molar-refractivity contribution in [3.63, 3.8) is 0 Å². The molecular weight excluding hydrogens is 488 g/mol. The Balaban J connectivity index is 1.46. The van der Waals surface area contributed by atoms with Gasteiger partial charge in [0.1, 0.15) is 25.0 Å². The van der Waals surface area contributed by atoms with Gasteiger partial charge >= 0.3 is 6.09 Å². The third-order valence-corrected chi connectivity index (χ3v) is 6.26. The van der Waals surface area contributed by atoms with Crippen LogP contribution in [0.5, 0.6) is 5.75 Å². The van der Waals surface area contributed by atoms with Crippen LogP contribution < -0.4 is 21.1 Å². The fraction of sp³-hybridized carbons (Fsp3) is 0.179. The second kappa shape index (κ2) is 12.7. The number of thiazole rings is 1. The number of aryl methyl sites for hydroxylation is 1. The number of benzene rings is 3. The predicted octanol–water partition coefficient (Wildman–Crippen LogP) is 5.10. The van der Waals surface area contributed by atoms with E-state index in [1.54, 1.807) is 47.7 Å². The number of alkyl carbamates (subject to hydrolysis) is 1. The number of carbonyl (C=O) groups excluding carboxylic acids is 2. The van der Waals surface area contributed by atoms with E-state index in [0.29, 0.717) is 30.2 Å². The standard InChI is InChI=1S/C28H28N4O4S/c1-19-30-24(18-37-19)17-35-25-12-10-22(11-13-25)26(27(33)31-23-9-5-8-21(14-23)15-29)32-28(34)36-16-20-6-3-2-4-7-20/h2-14,18,26H,15-17,29H2,1H3,(H,31,33)(H,32,34)/t26-/m1/s1. The lowest BCUT2D eigenvalue weighted by Gasteiger charge is -2.19. The fourth-order valence-corrected chi connectivity index (χ4v) is 4.16. The summed E-state index contributed by atoms with van der Waals surface area (Å²) in [6.07, 6.45) is -0.709. The van der Waals surface area contributed by atoms with E-state index in [-0.39, 0.29) is 6.61 Å². The normalized spacial score (nSPS) is 11.4. The van der Waals surface area contributed by atoms with Crippen molar-refractivity contribution in [3.8, 4) is 5.75 Å². The van der Waals surface area contributed by atoms with Crippen LogP contribution in [-0.4, -0.2) is 17.0 Å². The molecule has 1 aromatic heterocycles. The molecule has 4 aromatic rings. The molecule has 3 aromatic carbocycles. The molecule has 2 amide bonds. The van der Waals surface area contributed by atoms with Gasteiger partial charge in [-0.3, -0.25) is 4.79 Å². The Morgan fingerprint density at radius 2 is 1.73 bits per heavy atom. The predicted molar refractivity (Wildman–Crippen MR) is 143 cm³/mol. The summed E-state index contributed by atoms with van der Waals surface area (Å²) in [6.45, 7) is 2.72. The minimum Gasteiger partial charge on any atom is -0.487 e. The molecule has 1 atom stereocenters. The average Bonchev–Trinajstić information content (AvgIpc) is 3.35. The topological polar surface area (TPSA) is 116 Å². The monoisotopic (exact) mass is 516 g/mol. The Bertz CT molecular complexity index is 1330. The minimum absolute atomic E-state index is 0.0857. The smallest absolute Gasteiger partial charge is 0.408 e. The SMILES string of the molecule is Cc1nc(COc2ccc([C@@H](NC(=O)OCc3ccccc3)C(=O)Nc3cccc(CN)c3)cc2)cs1. The van der Waals surface area contributed by atoms with Crippen molar-refractivity contribution < 1.29 is 19.1 Å². The molecule has 0 saturated heterocycles. The molecule has 0 spiro atoms. The Kier molecular flexibility index (Phi) is 8.85. The molecule has 37 heavy (non-hydrogen) atoms. The van der Waals surface area contributed by atoms with E-state index >= 15 is 0 Å². The second-order valence-corrected chi connectivity index (χ2v) is 9.31. The number of ether oxygens (including phenoxy) is 2. The van der Waals surface area contributed by atoms with Crippen molar-refractivity contribution in [2.75, 3.05) is 5.32 Å². The van der Waals surface area contributed by atoms with Crippen LogP contribution in [0.4, 0.5) is 10.5 Å². The van der Waals surface area contributed by atoms with Crippen LogP contribution in [0.25, 0.3) is 0 Å². The highest BCUT2D eigenvalue weighted by atomic mass is 32.1. The molecule has 0 aliphatic rings. The summed E-state index contributed by atoms with van der Waals surface area (Å²) in [7, 11) is 0. The summed E-state index contributed by atoms with van der Waals surface area (Å²) in [4.78, 5) is 30.3. The summed E-state index contributed by atoms with van der Waals surface area (Å²) < 4.78 is 11.2. The van der Waals surface area contributed by atoms with Crippen molar-refractivity contribution in [3.05, 3.63) is 112 Å². The van der Waals surface area contributed by atoms with Gasteiger partial charge in [0.25, 0.3) is 5.91 Å². The Morgan fingerprint density at radius 1 is 0.973 bits per heavy atom. The molecule has 8 nitrogen and oxygen atoms in total. The zero-order valence-electron chi connectivity index (χ0n) is 20.3. The first-order chi connectivity index (χ1) is 18.0. The van der Waals surface area contributed by atoms with Gasteiger partial charge in [-0.25, -0.2) is 9.78 Å². The number of amides is 2. The first kappa shape index (κ1) is 25.9. The molecule has 0 aliphatic carbocycles. The van der Waals surface area contributed by atoms with E-state index in [2.05, 4.69) is 15.6 Å². The zero-order valence-corrected chi connectivity index (χ0v) is 21.2. The number of carbonyl (C=O) groups is 2. The first-order valence-electron chi connectivity index (χ1n) is 11.7. The molecule has 4 N–H and O–H groups in total. The van der Waals surface area contributed by atoms with Crippen LogP contribution in [0.15, 0.2) is 84.2 Å². The highest BCUT2D eigenvalue weighted by Gasteiger charge is 2.24. The molecule has 0 saturated carbocycles. The summed E-state index contributed by atoms with van der Waals surface area (Å²) in [6, 6.07) is 22.5. The molecule has 0 bridgehead atoms. The number of aromatic nitrogens is 1. The number of hydrogen-bond acceptors (Lipinski definition) is 7. The van der Waals surface area contributed by atoms with E-state index in [1.807, 2.05) is 54.8 Å². The van der Waals surface area contributed by atoms with Gasteiger partial charge in [-0.05, 0) is 47.9 Å². The van der Waals surface area contributed by atoms with Gasteiger partial charge in [-0.1, -0.05) is 54.6 Å². The maximum Gasteiger partial charge on any atom is 0.408 e. The first-order valence-corrected chi connectivity index (χ1v) is 12.6. The molecular formula is C28H28N4O4S. The molecule has 4 rings (SSSR count). The summed E-state index contributed by atoms with van der Waals surface area (Å²) >= 11 is 1.57. The van der Waals surface area contributed by atoms with Crippen molar-refractivity contribution in [2.24, 2.45) is 5.73 Å². The third kappa shape index (κ3) is 7.63. The highest BCUT2D eigenvalue weighted by molar-refractivity contribution is 7.09. The molecule has 0 unspecified atom stereocenters. The lowest BCUT2D eigenvalue weighted by atomic mass is 10.1. The molecule has 190 valence electrons. The quantitative estimate of drug-likeness (QED) is 0.270. The van der Waals surface area contributed by atoms with Gasteiger partial charge in [0.05, 0.1) is 10.7 Å². The summed E-state index contributed by atoms with van der Waals surface area (Å²) in [5.74, 6) is 0.202. The van der Waals surface area contributed by atoms with Crippen molar-refractivity contribution in [1.29, 1.82) is 0 Å². The van der Waals surface area contributed by atoms with E-state index in [0.717, 1.165) is 21.8 Å². The van der Waals surface area contributed by atoms with Crippen LogP contribution in [0, 0.1) is 6.92 Å². The minimum atomic E-state index is -1.000. The summed E-state index contributed by atoms with van der Waals surface area (Å²) in [5, 5.41) is 8.47. The molecule has 9 heteroatoms. The maximum atomic E-state index is 13.3. The van der Waals surface area contributed by atoms with E-state index in [1.165, 1.54) is 0 Å². The molecule has 0 fully saturated rings. The number of nitrogens with zero attached hydrogens (tertiary/aromatic N) is 1. The van der Waals surface area contributed by atoms with Crippen LogP contribution in [0.1, 0.15) is 33.4 Å². The number of rotatable bonds is 10. The Labute approximate surface area is 219 Å². The van der Waals surface area contributed by atoms with Gasteiger partial charge in [0.15, 0.2) is 0 Å². The Morgan fingerprint density at radius 3 is 2.43 bits per heavy atom. The van der Waals surface area contributed by atoms with E-state index in [9.17, 15) is 9.59 Å². The van der Waals surface area contributed by atoms with Crippen molar-refractivity contribution in [2.45, 2.75) is 32.7 Å². The van der Waals surface area contributed by atoms with Gasteiger partial charge < -0.3 is 25.8 Å². The lowest BCUT2D eigenvalue weighted by molar-refractivity contribution is -0.118. The highest BCUT2D eigenvalue weighted by Crippen LogP contribution is 2.22. The number of nitrogens with two attached hydrogens (primary N) is 1. The van der Waals surface area contributed by atoms with Gasteiger partial charge in [0.2, 0.25) is 0 Å². The zero-order chi connectivity index (χ0) is 26.0. The molecule has 0 radical (unpaired) electrons. The van der Waals surface area contributed by atoms with Crippen LogP contribution in [-0.2, 0) is 29.3 Å². The Hall–Kier alpha value is -4.21. The molecule has 0 aliphatic heterocycles.